The van der Waals surface area contributed by atoms with Crippen LogP contribution in [0.4, 0.5) is 0 Å². The molecule has 12 nitrogen and oxygen atoms in total. The molecule has 3 aromatic carbocycles. The van der Waals surface area contributed by atoms with Gasteiger partial charge in [0.1, 0.15) is 12.7 Å². The molecule has 12 heteroatoms. The van der Waals surface area contributed by atoms with Gasteiger partial charge in [-0.2, -0.15) is 0 Å². The molecule has 0 spiro atoms. The van der Waals surface area contributed by atoms with E-state index in [-0.39, 0.29) is 36.4 Å². The topological polar surface area (TPSA) is 134 Å². The van der Waals surface area contributed by atoms with Gasteiger partial charge >= 0.3 is 17.9 Å². The third-order valence-electron chi connectivity index (χ3n) is 8.93. The van der Waals surface area contributed by atoms with Crippen molar-refractivity contribution >= 4 is 17.9 Å². The fourth-order valence-electron chi connectivity index (χ4n) is 6.86. The van der Waals surface area contributed by atoms with Gasteiger partial charge in [-0.05, 0) is 53.1 Å². The molecule has 0 N–H and O–H groups in total. The van der Waals surface area contributed by atoms with E-state index in [1.807, 2.05) is 24.3 Å². The molecular formula is C36H38O12. The van der Waals surface area contributed by atoms with Crippen molar-refractivity contribution in [1.82, 2.24) is 0 Å². The van der Waals surface area contributed by atoms with E-state index in [0.29, 0.717) is 42.0 Å². The lowest BCUT2D eigenvalue weighted by Crippen LogP contribution is -2.17. The summed E-state index contributed by atoms with van der Waals surface area (Å²) < 4.78 is 52.3. The molecule has 3 aromatic rings. The highest BCUT2D eigenvalue weighted by Crippen LogP contribution is 2.56. The minimum absolute atomic E-state index is 0.0417. The summed E-state index contributed by atoms with van der Waals surface area (Å²) in [4.78, 5) is 35.1. The van der Waals surface area contributed by atoms with E-state index >= 15 is 0 Å². The van der Waals surface area contributed by atoms with E-state index in [1.54, 1.807) is 31.4 Å². The smallest absolute Gasteiger partial charge is 0.308 e. The molecule has 0 amide bonds. The molecule has 0 unspecified atom stereocenters. The largest absolute Gasteiger partial charge is 0.493 e. The molecule has 2 saturated heterocycles. The van der Waals surface area contributed by atoms with Crippen molar-refractivity contribution in [3.8, 4) is 34.5 Å². The van der Waals surface area contributed by atoms with Crippen LogP contribution in [0.25, 0.3) is 0 Å². The monoisotopic (exact) mass is 662 g/mol. The summed E-state index contributed by atoms with van der Waals surface area (Å²) in [5.74, 6) is 0.889. The Morgan fingerprint density at radius 3 is 1.62 bits per heavy atom. The van der Waals surface area contributed by atoms with Crippen LogP contribution in [0, 0.1) is 11.8 Å². The van der Waals surface area contributed by atoms with Gasteiger partial charge in [-0.1, -0.05) is 12.1 Å². The van der Waals surface area contributed by atoms with Gasteiger partial charge in [-0.15, -0.1) is 0 Å². The van der Waals surface area contributed by atoms with E-state index in [1.165, 1.54) is 35.0 Å². The molecule has 0 saturated carbocycles. The average Bonchev–Trinajstić information content (AvgIpc) is 3.77. The van der Waals surface area contributed by atoms with Crippen LogP contribution < -0.4 is 28.4 Å². The number of carbonyl (C=O) groups is 3. The minimum atomic E-state index is -0.565. The molecule has 2 fully saturated rings. The molecule has 3 aliphatic rings. The Balaban J connectivity index is 1.30. The second-order valence-corrected chi connectivity index (χ2v) is 11.9. The summed E-state index contributed by atoms with van der Waals surface area (Å²) in [6.07, 6.45) is -1.10. The second kappa shape index (κ2) is 13.7. The lowest BCUT2D eigenvalue weighted by atomic mass is 9.83. The summed E-state index contributed by atoms with van der Waals surface area (Å²) >= 11 is 0. The Morgan fingerprint density at radius 1 is 0.625 bits per heavy atom. The molecule has 6 rings (SSSR count). The van der Waals surface area contributed by atoms with Gasteiger partial charge in [0.05, 0.1) is 52.7 Å². The molecule has 0 aliphatic carbocycles. The number of fused-ring (bicyclic) bond motifs is 2. The Morgan fingerprint density at radius 2 is 1.12 bits per heavy atom. The fourth-order valence-corrected chi connectivity index (χ4v) is 6.86. The molecule has 6 atom stereocenters. The van der Waals surface area contributed by atoms with Gasteiger partial charge in [0.25, 0.3) is 0 Å². The first kappa shape index (κ1) is 33.1. The van der Waals surface area contributed by atoms with Crippen molar-refractivity contribution in [2.45, 2.75) is 45.0 Å². The predicted octanol–water partition coefficient (Wildman–Crippen LogP) is 5.42. The second-order valence-electron chi connectivity index (χ2n) is 11.9. The van der Waals surface area contributed by atoms with Crippen LogP contribution in [-0.2, 0) is 28.6 Å². The van der Waals surface area contributed by atoms with Crippen molar-refractivity contribution < 1.29 is 57.0 Å². The number of carbonyl (C=O) groups excluding carboxylic acids is 3. The summed E-state index contributed by atoms with van der Waals surface area (Å²) in [5, 5.41) is 0. The highest BCUT2D eigenvalue weighted by atomic mass is 16.6. The van der Waals surface area contributed by atoms with Crippen molar-refractivity contribution in [3.63, 3.8) is 0 Å². The van der Waals surface area contributed by atoms with Crippen molar-refractivity contribution in [3.05, 3.63) is 70.8 Å². The quantitative estimate of drug-likeness (QED) is 0.203. The highest BCUT2D eigenvalue weighted by molar-refractivity contribution is 5.71. The van der Waals surface area contributed by atoms with E-state index in [9.17, 15) is 14.4 Å². The maximum absolute atomic E-state index is 12.0. The summed E-state index contributed by atoms with van der Waals surface area (Å²) in [5.41, 5.74) is 3.34. The minimum Gasteiger partial charge on any atom is -0.493 e. The lowest BCUT2D eigenvalue weighted by Gasteiger charge is -2.21. The van der Waals surface area contributed by atoms with Gasteiger partial charge in [-0.3, -0.25) is 14.4 Å². The number of rotatable bonds is 10. The molecular weight excluding hydrogens is 624 g/mol. The Labute approximate surface area is 278 Å². The number of ether oxygens (including phenoxy) is 9. The van der Waals surface area contributed by atoms with E-state index in [0.717, 1.165) is 22.3 Å². The van der Waals surface area contributed by atoms with Crippen molar-refractivity contribution in [1.29, 1.82) is 0 Å². The predicted molar refractivity (Wildman–Crippen MR) is 169 cm³/mol. The zero-order valence-electron chi connectivity index (χ0n) is 27.6. The number of hydrogen-bond acceptors (Lipinski definition) is 12. The Kier molecular flexibility index (Phi) is 9.47. The summed E-state index contributed by atoms with van der Waals surface area (Å²) in [7, 11) is 4.59. The molecule has 0 bridgehead atoms. The maximum atomic E-state index is 12.0. The van der Waals surface area contributed by atoms with Crippen LogP contribution >= 0.6 is 0 Å². The number of benzene rings is 3. The van der Waals surface area contributed by atoms with E-state index in [2.05, 4.69) is 0 Å². The van der Waals surface area contributed by atoms with Crippen LogP contribution in [0.2, 0.25) is 0 Å². The summed E-state index contributed by atoms with van der Waals surface area (Å²) in [6, 6.07) is 14.6. The van der Waals surface area contributed by atoms with Gasteiger partial charge in [0, 0.05) is 38.2 Å². The zero-order valence-corrected chi connectivity index (χ0v) is 27.6. The third-order valence-corrected chi connectivity index (χ3v) is 8.93. The molecule has 3 aliphatic heterocycles. The van der Waals surface area contributed by atoms with E-state index in [4.69, 9.17) is 42.6 Å². The van der Waals surface area contributed by atoms with E-state index < -0.39 is 29.9 Å². The van der Waals surface area contributed by atoms with Crippen molar-refractivity contribution in [2.24, 2.45) is 11.8 Å². The van der Waals surface area contributed by atoms with Gasteiger partial charge in [-0.25, -0.2) is 0 Å². The zero-order chi connectivity index (χ0) is 34.1. The normalized spacial score (nSPS) is 23.8. The van der Waals surface area contributed by atoms with Crippen LogP contribution in [-0.4, -0.2) is 59.1 Å². The summed E-state index contributed by atoms with van der Waals surface area (Å²) in [6.45, 7) is 5.02. The third kappa shape index (κ3) is 6.37. The first-order chi connectivity index (χ1) is 23.1. The molecule has 0 radical (unpaired) electrons. The molecule has 3 heterocycles. The molecule has 48 heavy (non-hydrogen) atoms. The first-order valence-electron chi connectivity index (χ1n) is 15.6. The van der Waals surface area contributed by atoms with Gasteiger partial charge in [0.15, 0.2) is 34.5 Å². The first-order valence-corrected chi connectivity index (χ1v) is 15.6. The van der Waals surface area contributed by atoms with Crippen LogP contribution in [0.1, 0.15) is 67.3 Å². The van der Waals surface area contributed by atoms with Gasteiger partial charge in [0.2, 0.25) is 0 Å². The Hall–Kier alpha value is -4.81. The lowest BCUT2D eigenvalue weighted by molar-refractivity contribution is -0.142. The average molecular weight is 663 g/mol. The van der Waals surface area contributed by atoms with Crippen molar-refractivity contribution in [2.75, 3.05) is 41.2 Å². The number of hydrogen-bond donors (Lipinski definition) is 0. The molecule has 254 valence electrons. The van der Waals surface area contributed by atoms with Crippen LogP contribution in [0.15, 0.2) is 48.5 Å². The SMILES string of the molecule is COc1cc([C@H]2OC[C@H]3[C@@H]2CO[C@@H]3c2cc(OC)c3c(c2)[C@H](COC(C)=O)[C@@H](c2ccc(OC(C)=O)c(OC)c2)O3)ccc1OC(C)=O. The highest BCUT2D eigenvalue weighted by Gasteiger charge is 2.49. The number of esters is 3. The maximum Gasteiger partial charge on any atom is 0.308 e. The Bertz CT molecular complexity index is 1720. The molecule has 0 aromatic heterocycles. The number of methoxy groups -OCH3 is 3. The van der Waals surface area contributed by atoms with Gasteiger partial charge < -0.3 is 42.6 Å². The standard InChI is InChI=1S/C36H38O12/c1-18(37)43-15-25-24-11-23(14-32(42-6)36(24)48-35(25)22-8-10-29(47-20(3)39)31(13-22)41-5)34-27-17-44-33(26(27)16-45-34)21-7-9-28(46-19(2)38)30(12-21)40-4/h7-14,25-27,33-35H,15-17H2,1-6H3/t25-,26-,27-,33+,34+,35+/m0/s1. The van der Waals surface area contributed by atoms with Crippen LogP contribution in [0.5, 0.6) is 34.5 Å². The van der Waals surface area contributed by atoms with Crippen LogP contribution in [0.3, 0.4) is 0 Å². The fraction of sp³-hybridized carbons (Fsp3) is 0.417.